The number of methoxy groups -OCH3 is 2. The lowest BCUT2D eigenvalue weighted by molar-refractivity contribution is -0.857. The Kier molecular flexibility index (Phi) is 6.24. The number of amides is 1. The van der Waals surface area contributed by atoms with Crippen molar-refractivity contribution in [2.45, 2.75) is 6.04 Å². The number of ketones is 1. The van der Waals surface area contributed by atoms with Crippen molar-refractivity contribution in [1.29, 1.82) is 0 Å². The lowest BCUT2D eigenvalue weighted by atomic mass is 9.99. The van der Waals surface area contributed by atoms with Gasteiger partial charge in [-0.15, -0.1) is 11.3 Å². The van der Waals surface area contributed by atoms with Gasteiger partial charge < -0.3 is 24.4 Å². The van der Waals surface area contributed by atoms with Crippen LogP contribution in [0, 0.1) is 0 Å². The first-order valence-electron chi connectivity index (χ1n) is 9.22. The van der Waals surface area contributed by atoms with E-state index in [-0.39, 0.29) is 11.3 Å². The smallest absolute Gasteiger partial charge is 0.295 e. The van der Waals surface area contributed by atoms with Crippen LogP contribution >= 0.6 is 11.3 Å². The zero-order valence-corrected chi connectivity index (χ0v) is 17.7. The Morgan fingerprint density at radius 1 is 1.17 bits per heavy atom. The van der Waals surface area contributed by atoms with Gasteiger partial charge in [0.25, 0.3) is 11.7 Å². The van der Waals surface area contributed by atoms with Crippen LogP contribution in [0.15, 0.2) is 41.3 Å². The second-order valence-corrected chi connectivity index (χ2v) is 8.01. The molecule has 0 unspecified atom stereocenters. The number of nitrogens with zero attached hydrogens (tertiary/aromatic N) is 1. The van der Waals surface area contributed by atoms with Crippen molar-refractivity contribution in [2.75, 3.05) is 41.4 Å². The molecular formula is C21H25N2O5S+. The van der Waals surface area contributed by atoms with Gasteiger partial charge in [0, 0.05) is 10.4 Å². The maximum atomic E-state index is 12.9. The summed E-state index contributed by atoms with van der Waals surface area (Å²) in [5.41, 5.74) is 0.485. The number of thiophene rings is 1. The normalized spacial score (nSPS) is 18.5. The Hall–Kier alpha value is -2.84. The highest BCUT2D eigenvalue weighted by molar-refractivity contribution is 7.10. The molecule has 1 aliphatic heterocycles. The fourth-order valence-corrected chi connectivity index (χ4v) is 4.18. The zero-order valence-electron chi connectivity index (χ0n) is 16.9. The van der Waals surface area contributed by atoms with E-state index in [0.29, 0.717) is 30.2 Å². The summed E-state index contributed by atoms with van der Waals surface area (Å²) < 4.78 is 10.5. The minimum Gasteiger partial charge on any atom is -0.507 e. The van der Waals surface area contributed by atoms with Crippen LogP contribution in [0.1, 0.15) is 16.5 Å². The molecule has 1 aromatic carbocycles. The predicted octanol–water partition coefficient (Wildman–Crippen LogP) is 1.33. The van der Waals surface area contributed by atoms with Gasteiger partial charge in [0.2, 0.25) is 0 Å². The number of Topliss-reactive ketones (excluding diaryl/α,β-unsaturated/α-hetero) is 1. The molecule has 154 valence electrons. The average Bonchev–Trinajstić information content (AvgIpc) is 3.32. The molecule has 1 atom stereocenters. The van der Waals surface area contributed by atoms with Crippen molar-refractivity contribution in [3.63, 3.8) is 0 Å². The minimum absolute atomic E-state index is 0.0958. The van der Waals surface area contributed by atoms with Crippen molar-refractivity contribution in [3.8, 4) is 11.5 Å². The van der Waals surface area contributed by atoms with Crippen molar-refractivity contribution >= 4 is 28.8 Å². The molecule has 1 amide bonds. The second-order valence-electron chi connectivity index (χ2n) is 7.03. The van der Waals surface area contributed by atoms with Gasteiger partial charge in [0.15, 0.2) is 11.5 Å². The van der Waals surface area contributed by atoms with Gasteiger partial charge in [-0.2, -0.15) is 0 Å². The van der Waals surface area contributed by atoms with Crippen LogP contribution in [-0.2, 0) is 9.59 Å². The first-order chi connectivity index (χ1) is 13.9. The molecule has 2 N–H and O–H groups in total. The number of benzene rings is 1. The lowest BCUT2D eigenvalue weighted by Gasteiger charge is -2.24. The van der Waals surface area contributed by atoms with Crippen LogP contribution in [0.5, 0.6) is 11.5 Å². The molecule has 8 heteroatoms. The number of likely N-dealkylation sites (N-methyl/N-ethyl adjacent to an activating group) is 1. The molecule has 1 saturated heterocycles. The number of rotatable bonds is 7. The van der Waals surface area contributed by atoms with Gasteiger partial charge in [0.05, 0.1) is 53.0 Å². The van der Waals surface area contributed by atoms with E-state index in [4.69, 9.17) is 9.47 Å². The maximum absolute atomic E-state index is 12.9. The third-order valence-electron chi connectivity index (χ3n) is 4.86. The molecule has 29 heavy (non-hydrogen) atoms. The van der Waals surface area contributed by atoms with E-state index in [1.54, 1.807) is 23.1 Å². The fraction of sp³-hybridized carbons (Fsp3) is 0.333. The van der Waals surface area contributed by atoms with E-state index < -0.39 is 17.7 Å². The SMILES string of the molecule is COc1ccc(C(O)=C2C(=O)C(=O)N(CC[NH+](C)C)[C@H]2c2cccs2)cc1OC. The topological polar surface area (TPSA) is 80.5 Å². The number of hydrogen-bond donors (Lipinski definition) is 2. The summed E-state index contributed by atoms with van der Waals surface area (Å²) in [5, 5.41) is 12.9. The third-order valence-corrected chi connectivity index (χ3v) is 5.79. The molecule has 0 spiro atoms. The molecule has 0 saturated carbocycles. The second kappa shape index (κ2) is 8.67. The summed E-state index contributed by atoms with van der Waals surface area (Å²) in [6.07, 6.45) is 0. The largest absolute Gasteiger partial charge is 0.507 e. The Morgan fingerprint density at radius 2 is 1.90 bits per heavy atom. The maximum Gasteiger partial charge on any atom is 0.295 e. The number of hydrogen-bond acceptors (Lipinski definition) is 6. The Balaban J connectivity index is 2.11. The summed E-state index contributed by atoms with van der Waals surface area (Å²) in [5.74, 6) is -0.554. The summed E-state index contributed by atoms with van der Waals surface area (Å²) in [6, 6.07) is 8.02. The van der Waals surface area contributed by atoms with Crippen LogP contribution in [-0.4, -0.2) is 63.1 Å². The van der Waals surface area contributed by atoms with E-state index in [1.807, 2.05) is 31.6 Å². The van der Waals surface area contributed by atoms with E-state index in [2.05, 4.69) is 0 Å². The highest BCUT2D eigenvalue weighted by Crippen LogP contribution is 2.41. The number of quaternary nitrogens is 1. The lowest BCUT2D eigenvalue weighted by Crippen LogP contribution is -3.06. The predicted molar refractivity (Wildman–Crippen MR) is 111 cm³/mol. The molecule has 3 rings (SSSR count). The van der Waals surface area contributed by atoms with Gasteiger partial charge in [-0.25, -0.2) is 0 Å². The number of ether oxygens (including phenoxy) is 2. The quantitative estimate of drug-likeness (QED) is 0.404. The first kappa shape index (κ1) is 20.9. The monoisotopic (exact) mass is 417 g/mol. The Labute approximate surface area is 173 Å². The van der Waals surface area contributed by atoms with E-state index in [0.717, 1.165) is 9.78 Å². The average molecular weight is 418 g/mol. The molecular weight excluding hydrogens is 392 g/mol. The molecule has 7 nitrogen and oxygen atoms in total. The van der Waals surface area contributed by atoms with E-state index >= 15 is 0 Å². The highest BCUT2D eigenvalue weighted by atomic mass is 32.1. The molecule has 1 aliphatic rings. The summed E-state index contributed by atoms with van der Waals surface area (Å²) in [7, 11) is 6.99. The highest BCUT2D eigenvalue weighted by Gasteiger charge is 2.46. The van der Waals surface area contributed by atoms with Crippen molar-refractivity contribution in [1.82, 2.24) is 4.90 Å². The zero-order chi connectivity index (χ0) is 21.1. The van der Waals surface area contributed by atoms with Gasteiger partial charge in [-0.1, -0.05) is 6.07 Å². The van der Waals surface area contributed by atoms with Gasteiger partial charge >= 0.3 is 0 Å². The first-order valence-corrected chi connectivity index (χ1v) is 10.1. The standard InChI is InChI=1S/C21H24N2O5S/c1-22(2)9-10-23-18(16-6-5-11-29-16)17(20(25)21(23)26)19(24)13-7-8-14(27-3)15(12-13)28-4/h5-8,11-12,18,24H,9-10H2,1-4H3/p+1/t18-/m0/s1. The van der Waals surface area contributed by atoms with Gasteiger partial charge in [-0.3, -0.25) is 9.59 Å². The van der Waals surface area contributed by atoms with Crippen LogP contribution in [0.4, 0.5) is 0 Å². The molecule has 2 heterocycles. The fourth-order valence-electron chi connectivity index (χ4n) is 3.34. The summed E-state index contributed by atoms with van der Waals surface area (Å²) in [4.78, 5) is 29.2. The number of nitrogens with one attached hydrogen (secondary N) is 1. The van der Waals surface area contributed by atoms with Crippen LogP contribution in [0.2, 0.25) is 0 Å². The van der Waals surface area contributed by atoms with Crippen molar-refractivity contribution in [2.24, 2.45) is 0 Å². The third kappa shape index (κ3) is 3.99. The number of carbonyl (C=O) groups is 2. The molecule has 1 aromatic heterocycles. The van der Waals surface area contributed by atoms with Crippen LogP contribution in [0.25, 0.3) is 5.76 Å². The Morgan fingerprint density at radius 3 is 2.48 bits per heavy atom. The van der Waals surface area contributed by atoms with E-state index in [1.165, 1.54) is 25.6 Å². The molecule has 0 aliphatic carbocycles. The molecule has 2 aromatic rings. The van der Waals surface area contributed by atoms with Crippen LogP contribution < -0.4 is 14.4 Å². The van der Waals surface area contributed by atoms with Crippen molar-refractivity contribution in [3.05, 3.63) is 51.7 Å². The minimum atomic E-state index is -0.676. The van der Waals surface area contributed by atoms with Crippen LogP contribution in [0.3, 0.4) is 0 Å². The van der Waals surface area contributed by atoms with Gasteiger partial charge in [0.1, 0.15) is 5.76 Å². The number of likely N-dealkylation sites (tertiary alicyclic amines) is 1. The molecule has 0 radical (unpaired) electrons. The summed E-state index contributed by atoms with van der Waals surface area (Å²) >= 11 is 1.45. The number of aliphatic hydroxyl groups excluding tert-OH is 1. The summed E-state index contributed by atoms with van der Waals surface area (Å²) in [6.45, 7) is 1.10. The number of aliphatic hydroxyl groups is 1. The molecule has 1 fully saturated rings. The van der Waals surface area contributed by atoms with E-state index in [9.17, 15) is 14.7 Å². The number of carbonyl (C=O) groups excluding carboxylic acids is 2. The molecule has 0 bridgehead atoms. The van der Waals surface area contributed by atoms with Crippen molar-refractivity contribution < 1.29 is 29.1 Å². The Bertz CT molecular complexity index is 937. The van der Waals surface area contributed by atoms with Gasteiger partial charge in [-0.05, 0) is 29.6 Å².